The molecule has 3 atom stereocenters. The quantitative estimate of drug-likeness (QED) is 0.762. The smallest absolute Gasteiger partial charge is 0.0175 e. The van der Waals surface area contributed by atoms with Crippen LogP contribution in [0.2, 0.25) is 0 Å². The number of halogens is 1. The molecule has 1 fully saturated rings. The first-order chi connectivity index (χ1) is 9.90. The lowest BCUT2D eigenvalue weighted by Gasteiger charge is -2.42. The van der Waals surface area contributed by atoms with E-state index in [-0.39, 0.29) is 0 Å². The van der Waals surface area contributed by atoms with E-state index in [4.69, 9.17) is 0 Å². The van der Waals surface area contributed by atoms with Crippen molar-refractivity contribution in [2.24, 2.45) is 17.3 Å². The average Bonchev–Trinajstić information content (AvgIpc) is 2.42. The lowest BCUT2D eigenvalue weighted by Crippen LogP contribution is -2.43. The van der Waals surface area contributed by atoms with Crippen LogP contribution in [0, 0.1) is 17.3 Å². The van der Waals surface area contributed by atoms with Crippen LogP contribution in [0.1, 0.15) is 52.5 Å². The van der Waals surface area contributed by atoms with Crippen molar-refractivity contribution >= 4 is 15.9 Å². The molecule has 2 heteroatoms. The first kappa shape index (κ1) is 17.0. The Kier molecular flexibility index (Phi) is 5.90. The predicted octanol–water partition coefficient (Wildman–Crippen LogP) is 5.43. The van der Waals surface area contributed by atoms with E-state index >= 15 is 0 Å². The van der Waals surface area contributed by atoms with Crippen molar-refractivity contribution in [1.82, 2.24) is 5.32 Å². The van der Waals surface area contributed by atoms with Gasteiger partial charge in [-0.1, -0.05) is 55.8 Å². The van der Waals surface area contributed by atoms with Crippen molar-refractivity contribution in [2.75, 3.05) is 6.54 Å². The van der Waals surface area contributed by atoms with Crippen LogP contribution in [0.5, 0.6) is 0 Å². The fourth-order valence-electron chi connectivity index (χ4n) is 3.73. The Hall–Kier alpha value is -0.340. The summed E-state index contributed by atoms with van der Waals surface area (Å²) in [6.07, 6.45) is 5.27. The van der Waals surface area contributed by atoms with Crippen molar-refractivity contribution in [3.05, 3.63) is 34.3 Å². The second-order valence-electron chi connectivity index (χ2n) is 7.63. The van der Waals surface area contributed by atoms with Crippen molar-refractivity contribution in [1.29, 1.82) is 0 Å². The third-order valence-corrected chi connectivity index (χ3v) is 5.61. The van der Waals surface area contributed by atoms with E-state index in [1.54, 1.807) is 0 Å². The highest BCUT2D eigenvalue weighted by Gasteiger charge is 2.35. The minimum atomic E-state index is 0.440. The predicted molar refractivity (Wildman–Crippen MR) is 95.6 cm³/mol. The largest absolute Gasteiger partial charge is 0.314 e. The monoisotopic (exact) mass is 351 g/mol. The maximum absolute atomic E-state index is 3.73. The van der Waals surface area contributed by atoms with Gasteiger partial charge in [-0.3, -0.25) is 0 Å². The Morgan fingerprint density at radius 1 is 1.14 bits per heavy atom. The van der Waals surface area contributed by atoms with Gasteiger partial charge in [0.05, 0.1) is 0 Å². The summed E-state index contributed by atoms with van der Waals surface area (Å²) in [6, 6.07) is 9.57. The van der Waals surface area contributed by atoms with Crippen LogP contribution in [-0.2, 0) is 6.42 Å². The molecule has 1 saturated carbocycles. The number of benzene rings is 1. The molecule has 3 unspecified atom stereocenters. The Balaban J connectivity index is 2.08. The molecular formula is C19H30BrN. The molecule has 1 aromatic rings. The van der Waals surface area contributed by atoms with Crippen LogP contribution >= 0.6 is 15.9 Å². The molecule has 0 aliphatic heterocycles. The molecule has 0 radical (unpaired) electrons. The summed E-state index contributed by atoms with van der Waals surface area (Å²) in [6.45, 7) is 10.5. The van der Waals surface area contributed by atoms with E-state index in [2.05, 4.69) is 73.2 Å². The molecule has 1 aliphatic rings. The third kappa shape index (κ3) is 4.82. The topological polar surface area (TPSA) is 12.0 Å². The van der Waals surface area contributed by atoms with E-state index in [0.29, 0.717) is 11.5 Å². The van der Waals surface area contributed by atoms with Gasteiger partial charge in [0.2, 0.25) is 0 Å². The summed E-state index contributed by atoms with van der Waals surface area (Å²) in [5.41, 5.74) is 1.91. The Morgan fingerprint density at radius 2 is 1.81 bits per heavy atom. The lowest BCUT2D eigenvalue weighted by atomic mass is 9.66. The zero-order valence-electron chi connectivity index (χ0n) is 14.0. The molecule has 1 nitrogen and oxygen atoms in total. The first-order valence-electron chi connectivity index (χ1n) is 8.38. The summed E-state index contributed by atoms with van der Waals surface area (Å²) >= 11 is 3.53. The normalized spacial score (nSPS) is 26.8. The van der Waals surface area contributed by atoms with E-state index < -0.39 is 0 Å². The van der Waals surface area contributed by atoms with Crippen LogP contribution in [0.3, 0.4) is 0 Å². The first-order valence-corrected chi connectivity index (χ1v) is 9.17. The van der Waals surface area contributed by atoms with Crippen LogP contribution in [-0.4, -0.2) is 12.6 Å². The van der Waals surface area contributed by atoms with Crippen molar-refractivity contribution in [3.8, 4) is 0 Å². The highest BCUT2D eigenvalue weighted by molar-refractivity contribution is 9.10. The molecule has 0 saturated heterocycles. The van der Waals surface area contributed by atoms with Gasteiger partial charge in [0, 0.05) is 10.5 Å². The van der Waals surface area contributed by atoms with Crippen molar-refractivity contribution < 1.29 is 0 Å². The summed E-state index contributed by atoms with van der Waals surface area (Å²) in [7, 11) is 0. The van der Waals surface area contributed by atoms with Crippen molar-refractivity contribution in [2.45, 2.75) is 59.4 Å². The Morgan fingerprint density at radius 3 is 2.38 bits per heavy atom. The maximum Gasteiger partial charge on any atom is 0.0175 e. The average molecular weight is 352 g/mol. The van der Waals surface area contributed by atoms with Gasteiger partial charge in [-0.25, -0.2) is 0 Å². The molecule has 0 bridgehead atoms. The summed E-state index contributed by atoms with van der Waals surface area (Å²) in [4.78, 5) is 0. The van der Waals surface area contributed by atoms with Gasteiger partial charge in [-0.15, -0.1) is 0 Å². The SMILES string of the molecule is CCNC1CCC(C(C)(C)C)CC1Cc1ccc(Br)cc1. The fourth-order valence-corrected chi connectivity index (χ4v) is 3.99. The molecule has 1 aromatic carbocycles. The van der Waals surface area contributed by atoms with Crippen LogP contribution in [0.4, 0.5) is 0 Å². The molecule has 0 aromatic heterocycles. The number of nitrogens with one attached hydrogen (secondary N) is 1. The highest BCUT2D eigenvalue weighted by Crippen LogP contribution is 2.41. The number of rotatable bonds is 4. The highest BCUT2D eigenvalue weighted by atomic mass is 79.9. The standard InChI is InChI=1S/C19H30BrN/c1-5-21-18-11-8-16(19(2,3)4)13-15(18)12-14-6-9-17(20)10-7-14/h6-7,9-10,15-16,18,21H,5,8,11-13H2,1-4H3. The Labute approximate surface area is 139 Å². The van der Waals surface area contributed by atoms with Gasteiger partial charge in [-0.05, 0) is 67.2 Å². The molecule has 0 amide bonds. The Bertz CT molecular complexity index is 432. The van der Waals surface area contributed by atoms with E-state index in [1.807, 2.05) is 0 Å². The van der Waals surface area contributed by atoms with Crippen molar-refractivity contribution in [3.63, 3.8) is 0 Å². The maximum atomic E-state index is 3.73. The number of hydrogen-bond acceptors (Lipinski definition) is 1. The molecule has 2 rings (SSSR count). The molecule has 1 N–H and O–H groups in total. The van der Waals surface area contributed by atoms with Gasteiger partial charge in [-0.2, -0.15) is 0 Å². The molecule has 0 heterocycles. The van der Waals surface area contributed by atoms with Crippen LogP contribution in [0.25, 0.3) is 0 Å². The van der Waals surface area contributed by atoms with E-state index in [0.717, 1.165) is 18.4 Å². The summed E-state index contributed by atoms with van der Waals surface area (Å²) in [5, 5.41) is 3.73. The van der Waals surface area contributed by atoms with Gasteiger partial charge in [0.15, 0.2) is 0 Å². The van der Waals surface area contributed by atoms with Gasteiger partial charge < -0.3 is 5.32 Å². The third-order valence-electron chi connectivity index (χ3n) is 5.08. The van der Waals surface area contributed by atoms with Gasteiger partial charge in [0.25, 0.3) is 0 Å². The number of hydrogen-bond donors (Lipinski definition) is 1. The fraction of sp³-hybridized carbons (Fsp3) is 0.684. The second-order valence-corrected chi connectivity index (χ2v) is 8.55. The second kappa shape index (κ2) is 7.28. The summed E-state index contributed by atoms with van der Waals surface area (Å²) < 4.78 is 1.17. The molecular weight excluding hydrogens is 322 g/mol. The minimum Gasteiger partial charge on any atom is -0.314 e. The minimum absolute atomic E-state index is 0.440. The van der Waals surface area contributed by atoms with E-state index in [9.17, 15) is 0 Å². The van der Waals surface area contributed by atoms with Gasteiger partial charge >= 0.3 is 0 Å². The van der Waals surface area contributed by atoms with Crippen LogP contribution < -0.4 is 5.32 Å². The van der Waals surface area contributed by atoms with Crippen LogP contribution in [0.15, 0.2) is 28.7 Å². The zero-order chi connectivity index (χ0) is 15.5. The molecule has 0 spiro atoms. The zero-order valence-corrected chi connectivity index (χ0v) is 15.5. The lowest BCUT2D eigenvalue weighted by molar-refractivity contribution is 0.114. The molecule has 118 valence electrons. The summed E-state index contributed by atoms with van der Waals surface area (Å²) in [5.74, 6) is 1.62. The molecule has 1 aliphatic carbocycles. The van der Waals surface area contributed by atoms with Gasteiger partial charge in [0.1, 0.15) is 0 Å². The van der Waals surface area contributed by atoms with E-state index in [1.165, 1.54) is 35.7 Å². The molecule has 21 heavy (non-hydrogen) atoms.